The molecule has 2 aliphatic rings. The van der Waals surface area contributed by atoms with Crippen LogP contribution in [0.3, 0.4) is 0 Å². The maximum atomic E-state index is 12.7. The van der Waals surface area contributed by atoms with Crippen molar-refractivity contribution in [2.24, 2.45) is 4.99 Å². The molecule has 8 nitrogen and oxygen atoms in total. The number of carbonyl (C=O) groups excluding carboxylic acids is 2. The minimum Gasteiger partial charge on any atom is -0.492 e. The van der Waals surface area contributed by atoms with Gasteiger partial charge in [0.05, 0.1) is 6.61 Å². The molecule has 1 saturated carbocycles. The van der Waals surface area contributed by atoms with Gasteiger partial charge in [0, 0.05) is 22.8 Å². The van der Waals surface area contributed by atoms with Gasteiger partial charge in [0.25, 0.3) is 0 Å². The molecule has 1 aliphatic carbocycles. The van der Waals surface area contributed by atoms with Gasteiger partial charge in [-0.15, -0.1) is 0 Å². The zero-order chi connectivity index (χ0) is 24.4. The van der Waals surface area contributed by atoms with Gasteiger partial charge in [-0.25, -0.2) is 9.79 Å². The Hall–Kier alpha value is -3.29. The van der Waals surface area contributed by atoms with E-state index >= 15 is 0 Å². The van der Waals surface area contributed by atoms with E-state index in [1.54, 1.807) is 53.7 Å². The van der Waals surface area contributed by atoms with Gasteiger partial charge < -0.3 is 24.8 Å². The standard InChI is InChI=1S/C25H33N3O5/c1-16(27-21(29)24(5,6)28-22(30)33-23(2,3)4)11-12-19(26-7)32-18-10-8-9-17-20(18)25(13-14-25)15-31-17/h8-12H,7,13-15H2,1-6H3,(H,27,29)(H,28,30)/b16-11+,19-12+. The fourth-order valence-electron chi connectivity index (χ4n) is 3.49. The Bertz CT molecular complexity index is 1010. The summed E-state index contributed by atoms with van der Waals surface area (Å²) in [7, 11) is 0. The minimum atomic E-state index is -1.18. The van der Waals surface area contributed by atoms with Gasteiger partial charge in [0.2, 0.25) is 11.8 Å². The van der Waals surface area contributed by atoms with E-state index < -0.39 is 23.1 Å². The molecule has 1 aliphatic heterocycles. The van der Waals surface area contributed by atoms with Crippen molar-refractivity contribution >= 4 is 18.7 Å². The van der Waals surface area contributed by atoms with E-state index in [-0.39, 0.29) is 5.41 Å². The van der Waals surface area contributed by atoms with Crippen LogP contribution < -0.4 is 20.1 Å². The molecular formula is C25H33N3O5. The van der Waals surface area contributed by atoms with Crippen LogP contribution >= 0.6 is 0 Å². The lowest BCUT2D eigenvalue weighted by Gasteiger charge is -2.27. The van der Waals surface area contributed by atoms with Crippen LogP contribution in [0.5, 0.6) is 11.5 Å². The van der Waals surface area contributed by atoms with Crippen molar-refractivity contribution in [2.45, 2.75) is 70.9 Å². The van der Waals surface area contributed by atoms with Crippen LogP contribution in [0, 0.1) is 0 Å². The number of amides is 2. The highest BCUT2D eigenvalue weighted by Crippen LogP contribution is 2.58. The number of fused-ring (bicyclic) bond motifs is 2. The number of nitrogens with zero attached hydrogens (tertiary/aromatic N) is 1. The number of carbonyl (C=O) groups is 2. The Morgan fingerprint density at radius 2 is 1.88 bits per heavy atom. The second kappa shape index (κ2) is 8.92. The first-order valence-corrected chi connectivity index (χ1v) is 11.0. The van der Waals surface area contributed by atoms with Crippen molar-refractivity contribution in [3.8, 4) is 11.5 Å². The quantitative estimate of drug-likeness (QED) is 0.362. The molecule has 3 rings (SSSR count). The average Bonchev–Trinajstić information content (AvgIpc) is 3.38. The summed E-state index contributed by atoms with van der Waals surface area (Å²) in [6.45, 7) is 14.5. The predicted molar refractivity (Wildman–Crippen MR) is 126 cm³/mol. The summed E-state index contributed by atoms with van der Waals surface area (Å²) in [5, 5.41) is 5.35. The molecule has 178 valence electrons. The molecular weight excluding hydrogens is 422 g/mol. The van der Waals surface area contributed by atoms with E-state index in [2.05, 4.69) is 22.3 Å². The zero-order valence-electron chi connectivity index (χ0n) is 20.2. The highest BCUT2D eigenvalue weighted by Gasteiger charge is 2.52. The highest BCUT2D eigenvalue weighted by molar-refractivity contribution is 5.90. The molecule has 0 unspecified atom stereocenters. The molecule has 1 heterocycles. The van der Waals surface area contributed by atoms with Crippen LogP contribution in [-0.4, -0.2) is 36.5 Å². The van der Waals surface area contributed by atoms with E-state index in [0.29, 0.717) is 23.9 Å². The number of hydrogen-bond acceptors (Lipinski definition) is 6. The van der Waals surface area contributed by atoms with E-state index in [0.717, 1.165) is 24.2 Å². The largest absolute Gasteiger partial charge is 0.492 e. The molecule has 0 radical (unpaired) electrons. The molecule has 8 heteroatoms. The average molecular weight is 456 g/mol. The predicted octanol–water partition coefficient (Wildman–Crippen LogP) is 4.35. The molecule has 0 saturated heterocycles. The first-order valence-electron chi connectivity index (χ1n) is 11.0. The third kappa shape index (κ3) is 5.94. The van der Waals surface area contributed by atoms with Gasteiger partial charge >= 0.3 is 6.09 Å². The third-order valence-electron chi connectivity index (χ3n) is 5.41. The van der Waals surface area contributed by atoms with Crippen molar-refractivity contribution in [3.05, 3.63) is 47.5 Å². The second-order valence-corrected chi connectivity index (χ2v) is 10.0. The van der Waals surface area contributed by atoms with Crippen molar-refractivity contribution in [2.75, 3.05) is 6.61 Å². The topological polar surface area (TPSA) is 98.3 Å². The fourth-order valence-corrected chi connectivity index (χ4v) is 3.49. The van der Waals surface area contributed by atoms with Gasteiger partial charge in [0.15, 0.2) is 0 Å². The molecule has 1 aromatic carbocycles. The van der Waals surface area contributed by atoms with Gasteiger partial charge in [-0.2, -0.15) is 0 Å². The molecule has 2 N–H and O–H groups in total. The Balaban J connectivity index is 1.65. The maximum Gasteiger partial charge on any atom is 0.408 e. The lowest BCUT2D eigenvalue weighted by molar-refractivity contribution is -0.125. The summed E-state index contributed by atoms with van der Waals surface area (Å²) in [6.07, 6.45) is 4.80. The van der Waals surface area contributed by atoms with Crippen molar-refractivity contribution < 1.29 is 23.8 Å². The summed E-state index contributed by atoms with van der Waals surface area (Å²) in [5.41, 5.74) is -0.145. The summed E-state index contributed by atoms with van der Waals surface area (Å²) in [5.74, 6) is 1.47. The second-order valence-electron chi connectivity index (χ2n) is 10.0. The molecule has 0 atom stereocenters. The minimum absolute atomic E-state index is 0.0602. The monoisotopic (exact) mass is 455 g/mol. The third-order valence-corrected chi connectivity index (χ3v) is 5.41. The Labute approximate surface area is 195 Å². The number of benzene rings is 1. The van der Waals surface area contributed by atoms with Gasteiger partial charge in [-0.05, 0) is 79.3 Å². The number of alkyl carbamates (subject to hydrolysis) is 1. The first kappa shape index (κ1) is 24.4. The van der Waals surface area contributed by atoms with Crippen LogP contribution in [0.1, 0.15) is 59.9 Å². The van der Waals surface area contributed by atoms with Crippen LogP contribution in [0.4, 0.5) is 4.79 Å². The first-order chi connectivity index (χ1) is 15.3. The SMILES string of the molecule is C=N/C(=C\C=C(/C)NC(=O)C(C)(C)NC(=O)OC(C)(C)C)Oc1cccc2c1C1(CC1)CO2. The normalized spacial score (nSPS) is 17.0. The van der Waals surface area contributed by atoms with Crippen molar-refractivity contribution in [3.63, 3.8) is 0 Å². The molecule has 0 bridgehead atoms. The Morgan fingerprint density at radius 1 is 1.18 bits per heavy atom. The van der Waals surface area contributed by atoms with Crippen LogP contribution in [-0.2, 0) is 14.9 Å². The lowest BCUT2D eigenvalue weighted by atomic mass is 9.97. The van der Waals surface area contributed by atoms with Gasteiger partial charge in [-0.3, -0.25) is 4.79 Å². The van der Waals surface area contributed by atoms with Crippen LogP contribution in [0.25, 0.3) is 0 Å². The molecule has 1 spiro atoms. The highest BCUT2D eigenvalue weighted by atomic mass is 16.6. The fraction of sp³-hybridized carbons (Fsp3) is 0.480. The number of nitrogens with one attached hydrogen (secondary N) is 2. The van der Waals surface area contributed by atoms with Gasteiger partial charge in [-0.1, -0.05) is 6.07 Å². The van der Waals surface area contributed by atoms with Crippen molar-refractivity contribution in [1.82, 2.24) is 10.6 Å². The van der Waals surface area contributed by atoms with E-state index in [1.165, 1.54) is 0 Å². The smallest absolute Gasteiger partial charge is 0.408 e. The molecule has 1 fully saturated rings. The summed E-state index contributed by atoms with van der Waals surface area (Å²) >= 11 is 0. The molecule has 2 amide bonds. The van der Waals surface area contributed by atoms with E-state index in [9.17, 15) is 9.59 Å². The maximum absolute atomic E-state index is 12.7. The Kier molecular flexibility index (Phi) is 6.58. The Morgan fingerprint density at radius 3 is 2.48 bits per heavy atom. The number of ether oxygens (including phenoxy) is 3. The van der Waals surface area contributed by atoms with Crippen LogP contribution in [0.15, 0.2) is 46.9 Å². The van der Waals surface area contributed by atoms with E-state index in [1.807, 2.05) is 18.2 Å². The zero-order valence-corrected chi connectivity index (χ0v) is 20.2. The molecule has 0 aromatic heterocycles. The van der Waals surface area contributed by atoms with Crippen LogP contribution in [0.2, 0.25) is 0 Å². The number of hydrogen-bond donors (Lipinski definition) is 2. The number of aliphatic imine (C=N–C) groups is 1. The summed E-state index contributed by atoms with van der Waals surface area (Å²) < 4.78 is 17.1. The lowest BCUT2D eigenvalue weighted by Crippen LogP contribution is -2.55. The van der Waals surface area contributed by atoms with Crippen molar-refractivity contribution in [1.29, 1.82) is 0 Å². The van der Waals surface area contributed by atoms with E-state index in [4.69, 9.17) is 14.2 Å². The number of allylic oxidation sites excluding steroid dienone is 3. The molecule has 1 aromatic rings. The molecule has 33 heavy (non-hydrogen) atoms. The summed E-state index contributed by atoms with van der Waals surface area (Å²) in [4.78, 5) is 28.7. The summed E-state index contributed by atoms with van der Waals surface area (Å²) in [6, 6.07) is 5.74. The van der Waals surface area contributed by atoms with Gasteiger partial charge in [0.1, 0.15) is 22.6 Å². The number of rotatable bonds is 7.